The van der Waals surface area contributed by atoms with E-state index in [4.69, 9.17) is 0 Å². The van der Waals surface area contributed by atoms with Gasteiger partial charge in [0.15, 0.2) is 11.0 Å². The van der Waals surface area contributed by atoms with Crippen LogP contribution in [0, 0.1) is 0 Å². The molecule has 8 heteroatoms. The molecule has 0 spiro atoms. The SMILES string of the molecule is Cn1c(SCC(=O)[O-])nnc1-c1cccs1.[K+]. The topological polar surface area (TPSA) is 70.8 Å². The predicted molar refractivity (Wildman–Crippen MR) is 60.0 cm³/mol. The fourth-order valence-electron chi connectivity index (χ4n) is 1.18. The summed E-state index contributed by atoms with van der Waals surface area (Å²) in [4.78, 5) is 11.3. The van der Waals surface area contributed by atoms with Crippen LogP contribution in [-0.4, -0.2) is 26.5 Å². The van der Waals surface area contributed by atoms with Gasteiger partial charge in [-0.3, -0.25) is 0 Å². The van der Waals surface area contributed by atoms with E-state index in [2.05, 4.69) is 10.2 Å². The Hall–Kier alpha value is 0.296. The van der Waals surface area contributed by atoms with Crippen LogP contribution < -0.4 is 56.5 Å². The number of hydrogen-bond donors (Lipinski definition) is 0. The second-order valence-corrected chi connectivity index (χ2v) is 4.89. The fourth-order valence-corrected chi connectivity index (χ4v) is 2.55. The number of carbonyl (C=O) groups is 1. The molecule has 0 fully saturated rings. The normalized spacial score (nSPS) is 9.94. The molecule has 0 N–H and O–H groups in total. The van der Waals surface area contributed by atoms with Crippen molar-refractivity contribution in [2.45, 2.75) is 5.16 Å². The summed E-state index contributed by atoms with van der Waals surface area (Å²) >= 11 is 2.67. The van der Waals surface area contributed by atoms with Crippen molar-refractivity contribution in [1.29, 1.82) is 0 Å². The summed E-state index contributed by atoms with van der Waals surface area (Å²) in [7, 11) is 1.81. The fraction of sp³-hybridized carbons (Fsp3) is 0.222. The predicted octanol–water partition coefficient (Wildman–Crippen LogP) is -2.61. The van der Waals surface area contributed by atoms with E-state index in [0.717, 1.165) is 22.5 Å². The van der Waals surface area contributed by atoms with Crippen molar-refractivity contribution < 1.29 is 61.3 Å². The Balaban J connectivity index is 0.00000144. The third-order valence-corrected chi connectivity index (χ3v) is 3.76. The molecule has 2 heterocycles. The quantitative estimate of drug-likeness (QED) is 0.456. The van der Waals surface area contributed by atoms with Crippen LogP contribution in [0.5, 0.6) is 0 Å². The third kappa shape index (κ3) is 3.88. The van der Waals surface area contributed by atoms with E-state index in [9.17, 15) is 9.90 Å². The first-order valence-electron chi connectivity index (χ1n) is 4.44. The van der Waals surface area contributed by atoms with Gasteiger partial charge in [0.25, 0.3) is 0 Å². The molecular formula is C9H8KN3O2S2. The van der Waals surface area contributed by atoms with E-state index >= 15 is 0 Å². The summed E-state index contributed by atoms with van der Waals surface area (Å²) in [6.07, 6.45) is 0. The number of aliphatic carboxylic acids is 1. The number of thiophene rings is 1. The van der Waals surface area contributed by atoms with Crippen LogP contribution in [0.25, 0.3) is 10.7 Å². The van der Waals surface area contributed by atoms with Gasteiger partial charge in [0, 0.05) is 12.8 Å². The van der Waals surface area contributed by atoms with Crippen LogP contribution in [0.1, 0.15) is 0 Å². The van der Waals surface area contributed by atoms with Gasteiger partial charge in [-0.2, -0.15) is 0 Å². The summed E-state index contributed by atoms with van der Waals surface area (Å²) in [6, 6.07) is 3.88. The number of thioether (sulfide) groups is 1. The molecule has 0 saturated carbocycles. The van der Waals surface area contributed by atoms with Crippen molar-refractivity contribution in [3.63, 3.8) is 0 Å². The molecule has 2 rings (SSSR count). The largest absolute Gasteiger partial charge is 1.00 e. The van der Waals surface area contributed by atoms with Crippen molar-refractivity contribution in [2.24, 2.45) is 7.05 Å². The van der Waals surface area contributed by atoms with Gasteiger partial charge >= 0.3 is 51.4 Å². The van der Waals surface area contributed by atoms with E-state index in [1.165, 1.54) is 0 Å². The van der Waals surface area contributed by atoms with Crippen LogP contribution in [0.4, 0.5) is 0 Å². The van der Waals surface area contributed by atoms with Crippen LogP contribution >= 0.6 is 23.1 Å². The molecule has 2 aromatic heterocycles. The van der Waals surface area contributed by atoms with E-state index in [1.54, 1.807) is 15.9 Å². The van der Waals surface area contributed by atoms with E-state index in [0.29, 0.717) is 5.16 Å². The molecule has 0 aliphatic carbocycles. The van der Waals surface area contributed by atoms with Gasteiger partial charge in [0.2, 0.25) is 0 Å². The summed E-state index contributed by atoms with van der Waals surface area (Å²) in [5.74, 6) is -0.474. The molecule has 0 aliphatic heterocycles. The van der Waals surface area contributed by atoms with Gasteiger partial charge in [-0.15, -0.1) is 21.5 Å². The molecule has 0 radical (unpaired) electrons. The molecule has 0 amide bonds. The zero-order valence-electron chi connectivity index (χ0n) is 9.41. The summed E-state index contributed by atoms with van der Waals surface area (Å²) < 4.78 is 1.78. The van der Waals surface area contributed by atoms with Gasteiger partial charge in [0.1, 0.15) is 0 Å². The summed E-state index contributed by atoms with van der Waals surface area (Å²) in [5.41, 5.74) is 0. The zero-order chi connectivity index (χ0) is 11.5. The molecule has 0 aromatic carbocycles. The smallest absolute Gasteiger partial charge is 0.549 e. The first-order chi connectivity index (χ1) is 7.68. The molecule has 0 aliphatic rings. The molecular weight excluding hydrogens is 285 g/mol. The second kappa shape index (κ2) is 7.03. The van der Waals surface area contributed by atoms with Crippen molar-refractivity contribution in [3.8, 4) is 10.7 Å². The van der Waals surface area contributed by atoms with Gasteiger partial charge in [-0.25, -0.2) is 0 Å². The van der Waals surface area contributed by atoms with Crippen LogP contribution in [0.15, 0.2) is 22.7 Å². The Morgan fingerprint density at radius 1 is 1.59 bits per heavy atom. The van der Waals surface area contributed by atoms with Gasteiger partial charge in [-0.1, -0.05) is 17.8 Å². The zero-order valence-corrected chi connectivity index (χ0v) is 14.2. The molecule has 2 aromatic rings. The number of rotatable bonds is 4. The molecule has 0 bridgehead atoms. The maximum Gasteiger partial charge on any atom is 1.00 e. The third-order valence-electron chi connectivity index (χ3n) is 1.90. The van der Waals surface area contributed by atoms with E-state index in [1.807, 2.05) is 24.6 Å². The minimum atomic E-state index is -1.11. The Morgan fingerprint density at radius 3 is 2.94 bits per heavy atom. The van der Waals surface area contributed by atoms with E-state index in [-0.39, 0.29) is 57.1 Å². The van der Waals surface area contributed by atoms with Crippen molar-refractivity contribution in [1.82, 2.24) is 14.8 Å². The van der Waals surface area contributed by atoms with Crippen molar-refractivity contribution >= 4 is 29.1 Å². The van der Waals surface area contributed by atoms with Crippen molar-refractivity contribution in [3.05, 3.63) is 17.5 Å². The molecule has 0 saturated heterocycles. The maximum atomic E-state index is 10.3. The number of carboxylic acids is 1. The number of carboxylic acid groups (broad SMARTS) is 1. The first-order valence-corrected chi connectivity index (χ1v) is 6.31. The van der Waals surface area contributed by atoms with Gasteiger partial charge < -0.3 is 14.5 Å². The van der Waals surface area contributed by atoms with Crippen LogP contribution in [0.3, 0.4) is 0 Å². The maximum absolute atomic E-state index is 10.3. The Bertz CT molecular complexity index is 498. The molecule has 84 valence electrons. The standard InChI is InChI=1S/C9H9N3O2S2.K/c1-12-8(6-3-2-4-15-6)10-11-9(12)16-5-7(13)14;/h2-4H,5H2,1H3,(H,13,14);/q;+1/p-1. The summed E-state index contributed by atoms with van der Waals surface area (Å²) in [6.45, 7) is 0. The molecule has 5 nitrogen and oxygen atoms in total. The second-order valence-electron chi connectivity index (χ2n) is 3.00. The minimum absolute atomic E-state index is 0. The summed E-state index contributed by atoms with van der Waals surface area (Å²) in [5, 5.41) is 20.8. The number of hydrogen-bond acceptors (Lipinski definition) is 6. The van der Waals surface area contributed by atoms with Crippen LogP contribution in [-0.2, 0) is 11.8 Å². The molecule has 0 unspecified atom stereocenters. The molecule has 0 atom stereocenters. The van der Waals surface area contributed by atoms with Gasteiger partial charge in [-0.05, 0) is 11.4 Å². The monoisotopic (exact) mass is 293 g/mol. The minimum Gasteiger partial charge on any atom is -0.549 e. The average Bonchev–Trinajstić information content (AvgIpc) is 2.84. The Morgan fingerprint density at radius 2 is 2.35 bits per heavy atom. The number of nitrogens with zero attached hydrogens (tertiary/aromatic N) is 3. The Kier molecular flexibility index (Phi) is 6.35. The van der Waals surface area contributed by atoms with E-state index < -0.39 is 5.97 Å². The van der Waals surface area contributed by atoms with Crippen LogP contribution in [0.2, 0.25) is 0 Å². The van der Waals surface area contributed by atoms with Crippen molar-refractivity contribution in [2.75, 3.05) is 5.75 Å². The Labute approximate surface area is 149 Å². The average molecular weight is 293 g/mol. The molecule has 17 heavy (non-hydrogen) atoms. The number of aromatic nitrogens is 3. The first kappa shape index (κ1) is 15.4. The number of carbonyl (C=O) groups excluding carboxylic acids is 1. The van der Waals surface area contributed by atoms with Gasteiger partial charge in [0.05, 0.1) is 10.8 Å².